The van der Waals surface area contributed by atoms with Gasteiger partial charge in [-0.25, -0.2) is 13.2 Å². The zero-order valence-electron chi connectivity index (χ0n) is 17.6. The Bertz CT molecular complexity index is 1270. The molecule has 2 aromatic carbocycles. The van der Waals surface area contributed by atoms with Crippen molar-refractivity contribution in [2.24, 2.45) is 0 Å². The lowest BCUT2D eigenvalue weighted by molar-refractivity contribution is 0.0603. The fourth-order valence-electron chi connectivity index (χ4n) is 3.56. The molecule has 0 aliphatic heterocycles. The zero-order chi connectivity index (χ0) is 22.9. The van der Waals surface area contributed by atoms with Crippen LogP contribution in [-0.2, 0) is 14.8 Å². The van der Waals surface area contributed by atoms with E-state index in [2.05, 4.69) is 0 Å². The molecule has 1 heterocycles. The van der Waals surface area contributed by atoms with Crippen molar-refractivity contribution in [3.05, 3.63) is 64.8 Å². The summed E-state index contributed by atoms with van der Waals surface area (Å²) >= 11 is 6.22. The topological polar surface area (TPSA) is 85.7 Å². The Morgan fingerprint density at radius 1 is 1.19 bits per heavy atom. The summed E-state index contributed by atoms with van der Waals surface area (Å²) < 4.78 is 32.7. The van der Waals surface area contributed by atoms with E-state index in [0.29, 0.717) is 21.6 Å². The number of esters is 1. The van der Waals surface area contributed by atoms with Crippen LogP contribution in [0.15, 0.2) is 48.7 Å². The molecule has 0 N–H and O–H groups in total. The first-order valence-corrected chi connectivity index (χ1v) is 11.8. The van der Waals surface area contributed by atoms with E-state index in [1.54, 1.807) is 50.2 Å². The minimum absolute atomic E-state index is 0.206. The van der Waals surface area contributed by atoms with Gasteiger partial charge in [-0.05, 0) is 37.1 Å². The van der Waals surface area contributed by atoms with Gasteiger partial charge in [-0.3, -0.25) is 13.7 Å². The lowest BCUT2D eigenvalue weighted by atomic mass is 10.1. The third kappa shape index (κ3) is 4.31. The third-order valence-electron chi connectivity index (χ3n) is 5.08. The molecule has 0 aliphatic carbocycles. The molecule has 0 fully saturated rings. The molecule has 0 bridgehead atoms. The number of hydrogen-bond acceptors (Lipinski definition) is 5. The summed E-state index contributed by atoms with van der Waals surface area (Å²) in [6, 6.07) is 10.7. The number of aromatic nitrogens is 1. The molecule has 1 aromatic heterocycles. The molecule has 3 rings (SSSR count). The maximum atomic E-state index is 13.6. The average molecular weight is 463 g/mol. The number of carbonyl (C=O) groups excluding carboxylic acids is 2. The van der Waals surface area contributed by atoms with E-state index >= 15 is 0 Å². The van der Waals surface area contributed by atoms with Gasteiger partial charge in [-0.15, -0.1) is 0 Å². The van der Waals surface area contributed by atoms with Crippen LogP contribution in [0.2, 0.25) is 5.02 Å². The molecule has 3 aromatic rings. The maximum Gasteiger partial charge on any atom is 0.340 e. The number of benzene rings is 2. The molecular formula is C22H23ClN2O5S. The van der Waals surface area contributed by atoms with Gasteiger partial charge in [0.25, 0.3) is 5.91 Å². The summed E-state index contributed by atoms with van der Waals surface area (Å²) in [6.07, 6.45) is 2.64. The maximum absolute atomic E-state index is 13.6. The number of fused-ring (bicyclic) bond motifs is 1. The number of ether oxygens (including phenoxy) is 1. The van der Waals surface area contributed by atoms with Crippen LogP contribution >= 0.6 is 11.6 Å². The van der Waals surface area contributed by atoms with Crippen molar-refractivity contribution in [2.75, 3.05) is 17.7 Å². The molecule has 0 spiro atoms. The first-order valence-electron chi connectivity index (χ1n) is 9.58. The SMILES string of the molecule is CCC(C(=O)n1cc(C(=O)OC)c2ccccc21)N(c1ccc(C)c(Cl)c1)S(C)(=O)=O. The number of sulfonamides is 1. The van der Waals surface area contributed by atoms with Crippen molar-refractivity contribution in [3.8, 4) is 0 Å². The standard InChI is InChI=1S/C22H23ClN2O5S/c1-5-19(25(31(4,28)29)15-11-10-14(2)18(23)12-15)21(26)24-13-17(22(27)30-3)16-8-6-7-9-20(16)24/h6-13,19H,5H2,1-4H3. The fourth-order valence-corrected chi connectivity index (χ4v) is 4.93. The Kier molecular flexibility index (Phi) is 6.43. The smallest absolute Gasteiger partial charge is 0.340 e. The second-order valence-corrected chi connectivity index (χ2v) is 9.44. The van der Waals surface area contributed by atoms with Gasteiger partial charge in [0.2, 0.25) is 10.0 Å². The van der Waals surface area contributed by atoms with Crippen molar-refractivity contribution in [3.63, 3.8) is 0 Å². The average Bonchev–Trinajstić information content (AvgIpc) is 3.12. The van der Waals surface area contributed by atoms with Crippen LogP contribution in [0.25, 0.3) is 10.9 Å². The van der Waals surface area contributed by atoms with E-state index < -0.39 is 27.9 Å². The number of para-hydroxylation sites is 1. The largest absolute Gasteiger partial charge is 0.465 e. The van der Waals surface area contributed by atoms with Gasteiger partial charge in [0, 0.05) is 16.6 Å². The molecule has 164 valence electrons. The molecule has 0 radical (unpaired) electrons. The van der Waals surface area contributed by atoms with Gasteiger partial charge in [-0.1, -0.05) is 42.8 Å². The summed E-state index contributed by atoms with van der Waals surface area (Å²) in [6.45, 7) is 3.53. The van der Waals surface area contributed by atoms with E-state index in [9.17, 15) is 18.0 Å². The number of anilines is 1. The Labute approximate surface area is 186 Å². The number of carbonyl (C=O) groups is 2. The second kappa shape index (κ2) is 8.72. The number of methoxy groups -OCH3 is 1. The number of nitrogens with zero attached hydrogens (tertiary/aromatic N) is 2. The molecular weight excluding hydrogens is 440 g/mol. The van der Waals surface area contributed by atoms with Gasteiger partial charge in [0.15, 0.2) is 0 Å². The van der Waals surface area contributed by atoms with Crippen LogP contribution in [0.1, 0.15) is 34.1 Å². The number of halogens is 1. The molecule has 7 nitrogen and oxygen atoms in total. The van der Waals surface area contributed by atoms with Gasteiger partial charge >= 0.3 is 5.97 Å². The molecule has 0 saturated carbocycles. The number of hydrogen-bond donors (Lipinski definition) is 0. The first kappa shape index (κ1) is 22.8. The molecule has 31 heavy (non-hydrogen) atoms. The van der Waals surface area contributed by atoms with Crippen molar-refractivity contribution >= 4 is 50.1 Å². The summed E-state index contributed by atoms with van der Waals surface area (Å²) in [7, 11) is -2.57. The van der Waals surface area contributed by atoms with Crippen molar-refractivity contribution in [1.82, 2.24) is 4.57 Å². The van der Waals surface area contributed by atoms with Crippen molar-refractivity contribution < 1.29 is 22.7 Å². The van der Waals surface area contributed by atoms with Gasteiger partial charge in [0.1, 0.15) is 6.04 Å². The van der Waals surface area contributed by atoms with Crippen LogP contribution in [0, 0.1) is 6.92 Å². The number of aryl methyl sites for hydroxylation is 1. The summed E-state index contributed by atoms with van der Waals surface area (Å²) in [5.74, 6) is -1.07. The van der Waals surface area contributed by atoms with E-state index in [-0.39, 0.29) is 12.0 Å². The monoisotopic (exact) mass is 462 g/mol. The highest BCUT2D eigenvalue weighted by Gasteiger charge is 2.34. The lowest BCUT2D eigenvalue weighted by Crippen LogP contribution is -2.46. The Morgan fingerprint density at radius 3 is 2.45 bits per heavy atom. The lowest BCUT2D eigenvalue weighted by Gasteiger charge is -2.30. The van der Waals surface area contributed by atoms with Crippen LogP contribution in [0.4, 0.5) is 5.69 Å². The van der Waals surface area contributed by atoms with Crippen LogP contribution in [0.3, 0.4) is 0 Å². The van der Waals surface area contributed by atoms with Gasteiger partial charge in [0.05, 0.1) is 30.1 Å². The van der Waals surface area contributed by atoms with Crippen LogP contribution in [0.5, 0.6) is 0 Å². The van der Waals surface area contributed by atoms with Gasteiger partial charge in [-0.2, -0.15) is 0 Å². The van der Waals surface area contributed by atoms with E-state index in [4.69, 9.17) is 16.3 Å². The summed E-state index contributed by atoms with van der Waals surface area (Å²) in [4.78, 5) is 25.8. The molecule has 0 amide bonds. The molecule has 1 atom stereocenters. The normalized spacial score (nSPS) is 12.5. The third-order valence-corrected chi connectivity index (χ3v) is 6.66. The predicted molar refractivity (Wildman–Crippen MR) is 121 cm³/mol. The summed E-state index contributed by atoms with van der Waals surface area (Å²) in [5, 5.41) is 0.940. The van der Waals surface area contributed by atoms with E-state index in [1.165, 1.54) is 23.9 Å². The zero-order valence-corrected chi connectivity index (χ0v) is 19.2. The van der Waals surface area contributed by atoms with Crippen LogP contribution < -0.4 is 4.31 Å². The highest BCUT2D eigenvalue weighted by molar-refractivity contribution is 7.92. The quantitative estimate of drug-likeness (QED) is 0.510. The highest BCUT2D eigenvalue weighted by Crippen LogP contribution is 2.29. The molecule has 0 aliphatic rings. The minimum Gasteiger partial charge on any atom is -0.465 e. The minimum atomic E-state index is -3.83. The second-order valence-electron chi connectivity index (χ2n) is 7.18. The highest BCUT2D eigenvalue weighted by atomic mass is 35.5. The van der Waals surface area contributed by atoms with Gasteiger partial charge < -0.3 is 4.74 Å². The Balaban J connectivity index is 2.18. The molecule has 9 heteroatoms. The molecule has 1 unspecified atom stereocenters. The summed E-state index contributed by atoms with van der Waals surface area (Å²) in [5.41, 5.74) is 1.80. The van der Waals surface area contributed by atoms with Crippen LogP contribution in [-0.4, -0.2) is 44.3 Å². The predicted octanol–water partition coefficient (Wildman–Crippen LogP) is 4.27. The van der Waals surface area contributed by atoms with E-state index in [1.807, 2.05) is 0 Å². The van der Waals surface area contributed by atoms with Crippen molar-refractivity contribution in [1.29, 1.82) is 0 Å². The number of rotatable bonds is 6. The Hall–Kier alpha value is -2.84. The first-order chi connectivity index (χ1) is 14.6. The molecule has 0 saturated heterocycles. The fraction of sp³-hybridized carbons (Fsp3) is 0.273. The Morgan fingerprint density at radius 2 is 1.87 bits per heavy atom. The van der Waals surface area contributed by atoms with E-state index in [0.717, 1.165) is 16.1 Å². The van der Waals surface area contributed by atoms with Crippen molar-refractivity contribution in [2.45, 2.75) is 26.3 Å².